The molecule has 0 unspecified atom stereocenters. The quantitative estimate of drug-likeness (QED) is 0.835. The molecular formula is C16H25FN2O. The Morgan fingerprint density at radius 1 is 1.35 bits per heavy atom. The van der Waals surface area contributed by atoms with Crippen molar-refractivity contribution in [2.24, 2.45) is 17.6 Å². The molecule has 20 heavy (non-hydrogen) atoms. The zero-order valence-corrected chi connectivity index (χ0v) is 12.6. The lowest BCUT2D eigenvalue weighted by molar-refractivity contribution is -0.131. The van der Waals surface area contributed by atoms with Crippen LogP contribution < -0.4 is 5.73 Å². The molecule has 0 bridgehead atoms. The Morgan fingerprint density at radius 3 is 2.55 bits per heavy atom. The number of nitrogens with zero attached hydrogens (tertiary/aromatic N) is 1. The van der Waals surface area contributed by atoms with E-state index in [4.69, 9.17) is 5.73 Å². The molecule has 1 amide bonds. The number of halogens is 1. The molecule has 1 aromatic carbocycles. The Balaban J connectivity index is 2.56. The van der Waals surface area contributed by atoms with Gasteiger partial charge in [0.05, 0.1) is 0 Å². The molecule has 0 heterocycles. The summed E-state index contributed by atoms with van der Waals surface area (Å²) in [7, 11) is 1.71. The van der Waals surface area contributed by atoms with Crippen molar-refractivity contribution < 1.29 is 9.18 Å². The van der Waals surface area contributed by atoms with Crippen LogP contribution in [0.15, 0.2) is 24.3 Å². The van der Waals surface area contributed by atoms with Crippen LogP contribution in [0, 0.1) is 17.7 Å². The molecule has 0 aliphatic rings. The summed E-state index contributed by atoms with van der Waals surface area (Å²) >= 11 is 0. The van der Waals surface area contributed by atoms with Crippen LogP contribution in [0.5, 0.6) is 0 Å². The first-order chi connectivity index (χ1) is 9.43. The number of benzene rings is 1. The molecule has 2 N–H and O–H groups in total. The van der Waals surface area contributed by atoms with Gasteiger partial charge in [-0.05, 0) is 30.9 Å². The van der Waals surface area contributed by atoms with E-state index in [1.807, 2.05) is 0 Å². The average molecular weight is 280 g/mol. The highest BCUT2D eigenvalue weighted by Gasteiger charge is 2.17. The van der Waals surface area contributed by atoms with Crippen LogP contribution in [0.4, 0.5) is 4.39 Å². The van der Waals surface area contributed by atoms with E-state index in [0.717, 1.165) is 6.42 Å². The van der Waals surface area contributed by atoms with Gasteiger partial charge in [-0.2, -0.15) is 0 Å². The van der Waals surface area contributed by atoms with Crippen molar-refractivity contribution in [3.63, 3.8) is 0 Å². The minimum Gasteiger partial charge on any atom is -0.341 e. The first-order valence-corrected chi connectivity index (χ1v) is 7.11. The van der Waals surface area contributed by atoms with Crippen molar-refractivity contribution in [1.29, 1.82) is 0 Å². The number of carbonyl (C=O) groups is 1. The third-order valence-electron chi connectivity index (χ3n) is 3.39. The summed E-state index contributed by atoms with van der Waals surface area (Å²) in [5.41, 5.74) is 6.25. The monoisotopic (exact) mass is 280 g/mol. The van der Waals surface area contributed by atoms with Gasteiger partial charge in [-0.25, -0.2) is 4.39 Å². The number of hydrogen-bond acceptors (Lipinski definition) is 2. The summed E-state index contributed by atoms with van der Waals surface area (Å²) in [6.07, 6.45) is 1.37. The van der Waals surface area contributed by atoms with E-state index in [1.54, 1.807) is 30.1 Å². The highest BCUT2D eigenvalue weighted by atomic mass is 19.1. The van der Waals surface area contributed by atoms with E-state index in [9.17, 15) is 9.18 Å². The van der Waals surface area contributed by atoms with Gasteiger partial charge in [0, 0.05) is 25.6 Å². The highest BCUT2D eigenvalue weighted by Crippen LogP contribution is 2.16. The number of carbonyl (C=O) groups excluding carboxylic acids is 1. The van der Waals surface area contributed by atoms with E-state index < -0.39 is 0 Å². The van der Waals surface area contributed by atoms with Gasteiger partial charge in [0.2, 0.25) is 5.91 Å². The van der Waals surface area contributed by atoms with E-state index in [1.165, 1.54) is 6.07 Å². The van der Waals surface area contributed by atoms with Gasteiger partial charge in [0.1, 0.15) is 5.82 Å². The van der Waals surface area contributed by atoms with Crippen molar-refractivity contribution in [3.05, 3.63) is 35.6 Å². The largest absolute Gasteiger partial charge is 0.341 e. The van der Waals surface area contributed by atoms with Crippen molar-refractivity contribution in [1.82, 2.24) is 4.90 Å². The third kappa shape index (κ3) is 5.29. The second-order valence-electron chi connectivity index (χ2n) is 5.78. The Kier molecular flexibility index (Phi) is 6.65. The van der Waals surface area contributed by atoms with Crippen LogP contribution in [-0.2, 0) is 11.3 Å². The number of hydrogen-bond donors (Lipinski definition) is 1. The molecule has 0 saturated carbocycles. The summed E-state index contributed by atoms with van der Waals surface area (Å²) < 4.78 is 13.6. The summed E-state index contributed by atoms with van der Waals surface area (Å²) in [6, 6.07) is 6.54. The van der Waals surface area contributed by atoms with E-state index in [0.29, 0.717) is 31.0 Å². The van der Waals surface area contributed by atoms with Gasteiger partial charge in [0.25, 0.3) is 0 Å². The van der Waals surface area contributed by atoms with Gasteiger partial charge in [-0.1, -0.05) is 32.0 Å². The van der Waals surface area contributed by atoms with Gasteiger partial charge < -0.3 is 10.6 Å². The molecule has 0 radical (unpaired) electrons. The van der Waals surface area contributed by atoms with E-state index >= 15 is 0 Å². The van der Waals surface area contributed by atoms with E-state index in [-0.39, 0.29) is 17.6 Å². The fourth-order valence-corrected chi connectivity index (χ4v) is 2.30. The fraction of sp³-hybridized carbons (Fsp3) is 0.562. The SMILES string of the molecule is CC(C)C[C@H](CN)CC(=O)N(C)Cc1ccccc1F. The van der Waals surface area contributed by atoms with Crippen molar-refractivity contribution in [2.45, 2.75) is 33.2 Å². The third-order valence-corrected chi connectivity index (χ3v) is 3.39. The van der Waals surface area contributed by atoms with Crippen LogP contribution in [-0.4, -0.2) is 24.4 Å². The lowest BCUT2D eigenvalue weighted by Gasteiger charge is -2.22. The lowest BCUT2D eigenvalue weighted by Crippen LogP contribution is -2.30. The fourth-order valence-electron chi connectivity index (χ4n) is 2.30. The number of amides is 1. The maximum atomic E-state index is 13.6. The molecule has 1 aromatic rings. The standard InChI is InChI=1S/C16H25FN2O/c1-12(2)8-13(10-18)9-16(20)19(3)11-14-6-4-5-7-15(14)17/h4-7,12-13H,8-11,18H2,1-3H3/t13-/m0/s1. The molecule has 1 atom stereocenters. The van der Waals surface area contributed by atoms with E-state index in [2.05, 4.69) is 13.8 Å². The number of rotatable bonds is 7. The second kappa shape index (κ2) is 8.00. The van der Waals surface area contributed by atoms with Crippen LogP contribution in [0.2, 0.25) is 0 Å². The zero-order valence-electron chi connectivity index (χ0n) is 12.6. The van der Waals surface area contributed by atoms with Crippen LogP contribution in [0.1, 0.15) is 32.3 Å². The molecule has 0 fully saturated rings. The Bertz CT molecular complexity index is 434. The van der Waals surface area contributed by atoms with Gasteiger partial charge in [0.15, 0.2) is 0 Å². The second-order valence-corrected chi connectivity index (χ2v) is 5.78. The average Bonchev–Trinajstić information content (AvgIpc) is 2.39. The molecular weight excluding hydrogens is 255 g/mol. The maximum Gasteiger partial charge on any atom is 0.222 e. The van der Waals surface area contributed by atoms with Crippen molar-refractivity contribution >= 4 is 5.91 Å². The predicted octanol–water partition coefficient (Wildman–Crippen LogP) is 2.80. The molecule has 3 nitrogen and oxygen atoms in total. The molecule has 4 heteroatoms. The molecule has 1 rings (SSSR count). The Morgan fingerprint density at radius 2 is 2.00 bits per heavy atom. The van der Waals surface area contributed by atoms with Gasteiger partial charge >= 0.3 is 0 Å². The molecule has 0 aromatic heterocycles. The lowest BCUT2D eigenvalue weighted by atomic mass is 9.94. The highest BCUT2D eigenvalue weighted by molar-refractivity contribution is 5.76. The van der Waals surface area contributed by atoms with Crippen LogP contribution >= 0.6 is 0 Å². The Labute approximate surface area is 121 Å². The summed E-state index contributed by atoms with van der Waals surface area (Å²) in [6.45, 7) is 5.05. The van der Waals surface area contributed by atoms with Gasteiger partial charge in [-0.15, -0.1) is 0 Å². The van der Waals surface area contributed by atoms with Crippen molar-refractivity contribution in [2.75, 3.05) is 13.6 Å². The maximum absolute atomic E-state index is 13.6. The minimum absolute atomic E-state index is 0.0179. The molecule has 0 aliphatic heterocycles. The Hall–Kier alpha value is -1.42. The topological polar surface area (TPSA) is 46.3 Å². The number of nitrogens with two attached hydrogens (primary N) is 1. The summed E-state index contributed by atoms with van der Waals surface area (Å²) in [4.78, 5) is 13.7. The summed E-state index contributed by atoms with van der Waals surface area (Å²) in [5.74, 6) is 0.466. The molecule has 0 saturated heterocycles. The smallest absolute Gasteiger partial charge is 0.222 e. The summed E-state index contributed by atoms with van der Waals surface area (Å²) in [5, 5.41) is 0. The van der Waals surface area contributed by atoms with Crippen molar-refractivity contribution in [3.8, 4) is 0 Å². The predicted molar refractivity (Wildman–Crippen MR) is 79.5 cm³/mol. The molecule has 0 spiro atoms. The molecule has 112 valence electrons. The van der Waals surface area contributed by atoms with Crippen LogP contribution in [0.3, 0.4) is 0 Å². The normalized spacial score (nSPS) is 12.5. The zero-order chi connectivity index (χ0) is 15.1. The van der Waals surface area contributed by atoms with Gasteiger partial charge in [-0.3, -0.25) is 4.79 Å². The molecule has 0 aliphatic carbocycles. The first kappa shape index (κ1) is 16.6. The minimum atomic E-state index is -0.273. The van der Waals surface area contributed by atoms with Crippen LogP contribution in [0.25, 0.3) is 0 Å². The first-order valence-electron chi connectivity index (χ1n) is 7.11.